The summed E-state index contributed by atoms with van der Waals surface area (Å²) in [5.74, 6) is 3.04. The van der Waals surface area contributed by atoms with Crippen LogP contribution in [0.4, 0.5) is 5.82 Å². The summed E-state index contributed by atoms with van der Waals surface area (Å²) in [6, 6.07) is 9.86. The van der Waals surface area contributed by atoms with Crippen LogP contribution in [0.15, 0.2) is 30.3 Å². The molecule has 1 N–H and O–H groups in total. The Labute approximate surface area is 120 Å². The molecule has 4 nitrogen and oxygen atoms in total. The van der Waals surface area contributed by atoms with E-state index >= 15 is 0 Å². The molecular formula is C16H21N3O. The van der Waals surface area contributed by atoms with E-state index < -0.39 is 0 Å². The van der Waals surface area contributed by atoms with Crippen LogP contribution in [0, 0.1) is 0 Å². The SMILES string of the molecule is CCCc1nc(NC)cc(Oc2ccccc2CC)n1. The first-order chi connectivity index (χ1) is 9.76. The first-order valence-electron chi connectivity index (χ1n) is 7.08. The van der Waals surface area contributed by atoms with Crippen molar-refractivity contribution in [3.8, 4) is 11.6 Å². The van der Waals surface area contributed by atoms with Crippen LogP contribution >= 0.6 is 0 Å². The first kappa shape index (κ1) is 14.3. The zero-order valence-corrected chi connectivity index (χ0v) is 12.3. The summed E-state index contributed by atoms with van der Waals surface area (Å²) in [5, 5.41) is 3.05. The number of benzene rings is 1. The number of hydrogen-bond acceptors (Lipinski definition) is 4. The fourth-order valence-corrected chi connectivity index (χ4v) is 2.00. The minimum absolute atomic E-state index is 0.591. The van der Waals surface area contributed by atoms with Crippen molar-refractivity contribution >= 4 is 5.82 Å². The van der Waals surface area contributed by atoms with Gasteiger partial charge in [-0.15, -0.1) is 0 Å². The van der Waals surface area contributed by atoms with Crippen molar-refractivity contribution in [2.45, 2.75) is 33.1 Å². The zero-order valence-electron chi connectivity index (χ0n) is 12.3. The number of nitrogens with one attached hydrogen (secondary N) is 1. The van der Waals surface area contributed by atoms with Crippen molar-refractivity contribution < 1.29 is 4.74 Å². The second-order valence-electron chi connectivity index (χ2n) is 4.57. The van der Waals surface area contributed by atoms with Gasteiger partial charge in [0, 0.05) is 19.5 Å². The Balaban J connectivity index is 2.30. The van der Waals surface area contributed by atoms with Gasteiger partial charge < -0.3 is 10.1 Å². The fourth-order valence-electron chi connectivity index (χ4n) is 2.00. The second-order valence-corrected chi connectivity index (χ2v) is 4.57. The lowest BCUT2D eigenvalue weighted by Gasteiger charge is -2.11. The molecular weight excluding hydrogens is 250 g/mol. The first-order valence-corrected chi connectivity index (χ1v) is 7.08. The minimum atomic E-state index is 0.591. The summed E-state index contributed by atoms with van der Waals surface area (Å²) in [5.41, 5.74) is 1.18. The number of aryl methyl sites for hydroxylation is 2. The molecule has 1 aromatic carbocycles. The lowest BCUT2D eigenvalue weighted by molar-refractivity contribution is 0.453. The molecule has 106 valence electrons. The average molecular weight is 271 g/mol. The number of aromatic nitrogens is 2. The van der Waals surface area contributed by atoms with Crippen molar-refractivity contribution in [3.63, 3.8) is 0 Å². The number of anilines is 1. The summed E-state index contributed by atoms with van der Waals surface area (Å²) in [4.78, 5) is 8.89. The van der Waals surface area contributed by atoms with E-state index in [9.17, 15) is 0 Å². The smallest absolute Gasteiger partial charge is 0.224 e. The largest absolute Gasteiger partial charge is 0.439 e. The van der Waals surface area contributed by atoms with E-state index in [1.807, 2.05) is 31.3 Å². The highest BCUT2D eigenvalue weighted by molar-refractivity contribution is 5.41. The summed E-state index contributed by atoms with van der Waals surface area (Å²) in [6.45, 7) is 4.23. The third-order valence-electron chi connectivity index (χ3n) is 3.05. The van der Waals surface area contributed by atoms with Crippen LogP contribution in [0.3, 0.4) is 0 Å². The standard InChI is InChI=1S/C16H21N3O/c1-4-8-14-18-15(17-3)11-16(19-14)20-13-10-7-6-9-12(13)5-2/h6-7,9-11H,4-5,8H2,1-3H3,(H,17,18,19). The van der Waals surface area contributed by atoms with Crippen molar-refractivity contribution in [2.75, 3.05) is 12.4 Å². The summed E-state index contributed by atoms with van der Waals surface area (Å²) >= 11 is 0. The van der Waals surface area contributed by atoms with Crippen molar-refractivity contribution in [2.24, 2.45) is 0 Å². The molecule has 0 aliphatic carbocycles. The summed E-state index contributed by atoms with van der Waals surface area (Å²) < 4.78 is 5.94. The van der Waals surface area contributed by atoms with Crippen molar-refractivity contribution in [1.29, 1.82) is 0 Å². The van der Waals surface area contributed by atoms with Gasteiger partial charge in [-0.05, 0) is 24.5 Å². The van der Waals surface area contributed by atoms with E-state index in [4.69, 9.17) is 4.74 Å². The Hall–Kier alpha value is -2.10. The maximum Gasteiger partial charge on any atom is 0.224 e. The van der Waals surface area contributed by atoms with Gasteiger partial charge in [-0.1, -0.05) is 32.0 Å². The third-order valence-corrected chi connectivity index (χ3v) is 3.05. The van der Waals surface area contributed by atoms with Gasteiger partial charge in [0.25, 0.3) is 0 Å². The van der Waals surface area contributed by atoms with Crippen LogP contribution in [-0.2, 0) is 12.8 Å². The third kappa shape index (κ3) is 3.47. The Bertz CT molecular complexity index is 569. The molecule has 1 heterocycles. The van der Waals surface area contributed by atoms with Crippen LogP contribution in [0.5, 0.6) is 11.6 Å². The molecule has 4 heteroatoms. The van der Waals surface area contributed by atoms with E-state index in [0.29, 0.717) is 5.88 Å². The van der Waals surface area contributed by atoms with Gasteiger partial charge in [-0.2, -0.15) is 4.98 Å². The molecule has 0 aliphatic rings. The Kier molecular flexibility index (Phi) is 4.93. The predicted octanol–water partition coefficient (Wildman–Crippen LogP) is 3.83. The van der Waals surface area contributed by atoms with E-state index in [2.05, 4.69) is 35.2 Å². The number of para-hydroxylation sites is 1. The maximum absolute atomic E-state index is 5.94. The van der Waals surface area contributed by atoms with Gasteiger partial charge in [0.2, 0.25) is 5.88 Å². The lowest BCUT2D eigenvalue weighted by atomic mass is 10.1. The molecule has 2 aromatic rings. The Morgan fingerprint density at radius 3 is 2.65 bits per heavy atom. The molecule has 0 amide bonds. The van der Waals surface area contributed by atoms with Crippen LogP contribution < -0.4 is 10.1 Å². The molecule has 1 aromatic heterocycles. The van der Waals surface area contributed by atoms with Crippen LogP contribution in [0.25, 0.3) is 0 Å². The molecule has 20 heavy (non-hydrogen) atoms. The van der Waals surface area contributed by atoms with E-state index in [1.165, 1.54) is 5.56 Å². The highest BCUT2D eigenvalue weighted by Crippen LogP contribution is 2.25. The van der Waals surface area contributed by atoms with E-state index in [-0.39, 0.29) is 0 Å². The number of ether oxygens (including phenoxy) is 1. The lowest BCUT2D eigenvalue weighted by Crippen LogP contribution is -2.02. The summed E-state index contributed by atoms with van der Waals surface area (Å²) in [7, 11) is 1.85. The van der Waals surface area contributed by atoms with Crippen molar-refractivity contribution in [1.82, 2.24) is 9.97 Å². The average Bonchev–Trinajstić information content (AvgIpc) is 2.48. The Morgan fingerprint density at radius 2 is 1.95 bits per heavy atom. The highest BCUT2D eigenvalue weighted by Gasteiger charge is 2.07. The molecule has 0 atom stereocenters. The molecule has 0 saturated carbocycles. The molecule has 0 fully saturated rings. The second kappa shape index (κ2) is 6.89. The molecule has 2 rings (SSSR count). The fraction of sp³-hybridized carbons (Fsp3) is 0.375. The summed E-state index contributed by atoms with van der Waals surface area (Å²) in [6.07, 6.45) is 2.79. The van der Waals surface area contributed by atoms with Crippen LogP contribution in [0.2, 0.25) is 0 Å². The van der Waals surface area contributed by atoms with Gasteiger partial charge in [0.15, 0.2) is 0 Å². The molecule has 0 radical (unpaired) electrons. The van der Waals surface area contributed by atoms with Gasteiger partial charge in [-0.25, -0.2) is 4.98 Å². The van der Waals surface area contributed by atoms with Crippen LogP contribution in [-0.4, -0.2) is 17.0 Å². The number of nitrogens with zero attached hydrogens (tertiary/aromatic N) is 2. The predicted molar refractivity (Wildman–Crippen MR) is 81.5 cm³/mol. The molecule has 0 unspecified atom stereocenters. The normalized spacial score (nSPS) is 10.3. The highest BCUT2D eigenvalue weighted by atomic mass is 16.5. The maximum atomic E-state index is 5.94. The monoisotopic (exact) mass is 271 g/mol. The van der Waals surface area contributed by atoms with Gasteiger partial charge in [-0.3, -0.25) is 0 Å². The molecule has 0 aliphatic heterocycles. The molecule has 0 spiro atoms. The van der Waals surface area contributed by atoms with Crippen molar-refractivity contribution in [3.05, 3.63) is 41.7 Å². The zero-order chi connectivity index (χ0) is 14.4. The van der Waals surface area contributed by atoms with Gasteiger partial charge in [0.05, 0.1) is 0 Å². The number of hydrogen-bond donors (Lipinski definition) is 1. The van der Waals surface area contributed by atoms with Gasteiger partial charge >= 0.3 is 0 Å². The Morgan fingerprint density at radius 1 is 1.15 bits per heavy atom. The molecule has 0 bridgehead atoms. The van der Waals surface area contributed by atoms with Crippen LogP contribution in [0.1, 0.15) is 31.7 Å². The van der Waals surface area contributed by atoms with E-state index in [1.54, 1.807) is 0 Å². The van der Waals surface area contributed by atoms with Gasteiger partial charge in [0.1, 0.15) is 17.4 Å². The van der Waals surface area contributed by atoms with E-state index in [0.717, 1.165) is 36.7 Å². The number of rotatable bonds is 6. The molecule has 0 saturated heterocycles. The quantitative estimate of drug-likeness (QED) is 0.867. The minimum Gasteiger partial charge on any atom is -0.439 e. The topological polar surface area (TPSA) is 47.0 Å².